The number of hydrogen-bond acceptors (Lipinski definition) is 7. The smallest absolute Gasteiger partial charge is 0.324 e. The van der Waals surface area contributed by atoms with E-state index >= 15 is 0 Å². The van der Waals surface area contributed by atoms with Gasteiger partial charge in [0.15, 0.2) is 6.61 Å². The van der Waals surface area contributed by atoms with Gasteiger partial charge in [0.2, 0.25) is 10.0 Å². The number of sulfonamides is 1. The van der Waals surface area contributed by atoms with Gasteiger partial charge in [0, 0.05) is 6.04 Å². The minimum atomic E-state index is -4.02. The van der Waals surface area contributed by atoms with Gasteiger partial charge in [-0.2, -0.15) is 4.72 Å². The number of benzene rings is 1. The van der Waals surface area contributed by atoms with Crippen molar-refractivity contribution in [2.24, 2.45) is 5.92 Å². The molecule has 0 saturated carbocycles. The van der Waals surface area contributed by atoms with Gasteiger partial charge in [0.1, 0.15) is 11.8 Å². The molecule has 11 heteroatoms. The highest BCUT2D eigenvalue weighted by atomic mass is 32.2. The molecule has 0 radical (unpaired) electrons. The third kappa shape index (κ3) is 8.08. The van der Waals surface area contributed by atoms with Crippen LogP contribution in [0.4, 0.5) is 4.79 Å². The van der Waals surface area contributed by atoms with Crippen LogP contribution in [0.3, 0.4) is 0 Å². The Labute approximate surface area is 170 Å². The first kappa shape index (κ1) is 24.4. The molecule has 0 spiro atoms. The zero-order chi connectivity index (χ0) is 22.2. The molecule has 0 fully saturated rings. The molecular formula is C18H27N3O7S. The fourth-order valence-electron chi connectivity index (χ4n) is 2.13. The van der Waals surface area contributed by atoms with Gasteiger partial charge >= 0.3 is 12.0 Å². The lowest BCUT2D eigenvalue weighted by Crippen LogP contribution is -2.47. The summed E-state index contributed by atoms with van der Waals surface area (Å²) < 4.78 is 37.2. The number of imide groups is 1. The van der Waals surface area contributed by atoms with Gasteiger partial charge in [-0.15, -0.1) is 0 Å². The van der Waals surface area contributed by atoms with E-state index in [1.165, 1.54) is 31.4 Å². The van der Waals surface area contributed by atoms with E-state index in [4.69, 9.17) is 9.47 Å². The minimum absolute atomic E-state index is 0.0557. The van der Waals surface area contributed by atoms with Crippen LogP contribution in [0, 0.1) is 5.92 Å². The molecule has 29 heavy (non-hydrogen) atoms. The second-order valence-corrected chi connectivity index (χ2v) is 8.52. The lowest BCUT2D eigenvalue weighted by Gasteiger charge is -2.20. The first-order valence-corrected chi connectivity index (χ1v) is 10.4. The van der Waals surface area contributed by atoms with Crippen LogP contribution >= 0.6 is 0 Å². The average Bonchev–Trinajstić information content (AvgIpc) is 2.63. The Morgan fingerprint density at radius 2 is 1.62 bits per heavy atom. The monoisotopic (exact) mass is 429 g/mol. The number of ether oxygens (including phenoxy) is 2. The van der Waals surface area contributed by atoms with Crippen LogP contribution in [-0.2, 0) is 24.3 Å². The van der Waals surface area contributed by atoms with Gasteiger partial charge in [0.25, 0.3) is 5.91 Å². The van der Waals surface area contributed by atoms with E-state index in [0.29, 0.717) is 5.75 Å². The Bertz CT molecular complexity index is 820. The molecular weight excluding hydrogens is 402 g/mol. The van der Waals surface area contributed by atoms with E-state index in [1.54, 1.807) is 27.7 Å². The van der Waals surface area contributed by atoms with Crippen molar-refractivity contribution in [3.05, 3.63) is 24.3 Å². The number of urea groups is 1. The summed E-state index contributed by atoms with van der Waals surface area (Å²) in [5, 5.41) is 4.45. The number of hydrogen-bond donors (Lipinski definition) is 3. The molecule has 0 aromatic heterocycles. The second-order valence-electron chi connectivity index (χ2n) is 6.80. The molecule has 1 aromatic carbocycles. The number of carbonyl (C=O) groups is 3. The van der Waals surface area contributed by atoms with Crippen molar-refractivity contribution in [3.63, 3.8) is 0 Å². The number of esters is 1. The standard InChI is InChI=1S/C18H27N3O7S/c1-11(2)16(17(23)28-10-15(22)20-18(24)19-12(3)4)21-29(25,26)14-8-6-13(27-5)7-9-14/h6-9,11-12,16,21H,10H2,1-5H3,(H2,19,20,22,24)/t16-/m0/s1. The molecule has 10 nitrogen and oxygen atoms in total. The van der Waals surface area contributed by atoms with Crippen molar-refractivity contribution in [1.29, 1.82) is 0 Å². The number of nitrogens with one attached hydrogen (secondary N) is 3. The minimum Gasteiger partial charge on any atom is -0.497 e. The van der Waals surface area contributed by atoms with Crippen LogP contribution in [0.25, 0.3) is 0 Å². The SMILES string of the molecule is COc1ccc(S(=O)(=O)N[C@H](C(=O)OCC(=O)NC(=O)NC(C)C)C(C)C)cc1. The lowest BCUT2D eigenvalue weighted by molar-refractivity contribution is -0.150. The van der Waals surface area contributed by atoms with Crippen LogP contribution in [0.5, 0.6) is 5.75 Å². The Morgan fingerprint density at radius 1 is 1.03 bits per heavy atom. The largest absolute Gasteiger partial charge is 0.497 e. The number of rotatable bonds is 9. The highest BCUT2D eigenvalue weighted by Gasteiger charge is 2.30. The highest BCUT2D eigenvalue weighted by molar-refractivity contribution is 7.89. The molecule has 0 aliphatic carbocycles. The van der Waals surface area contributed by atoms with E-state index < -0.39 is 46.5 Å². The predicted octanol–water partition coefficient (Wildman–Crippen LogP) is 0.776. The normalized spacial score (nSPS) is 12.4. The van der Waals surface area contributed by atoms with E-state index in [0.717, 1.165) is 0 Å². The van der Waals surface area contributed by atoms with Crippen LogP contribution in [-0.4, -0.2) is 52.1 Å². The fraction of sp³-hybridized carbons (Fsp3) is 0.500. The van der Waals surface area contributed by atoms with Gasteiger partial charge in [0.05, 0.1) is 12.0 Å². The topological polar surface area (TPSA) is 140 Å². The second kappa shape index (κ2) is 10.8. The molecule has 0 heterocycles. The predicted molar refractivity (Wildman–Crippen MR) is 105 cm³/mol. The zero-order valence-corrected chi connectivity index (χ0v) is 17.8. The van der Waals surface area contributed by atoms with Gasteiger partial charge < -0.3 is 14.8 Å². The zero-order valence-electron chi connectivity index (χ0n) is 17.0. The summed E-state index contributed by atoms with van der Waals surface area (Å²) in [6.07, 6.45) is 0. The molecule has 0 bridgehead atoms. The molecule has 0 aliphatic heterocycles. The molecule has 0 aliphatic rings. The summed E-state index contributed by atoms with van der Waals surface area (Å²) in [4.78, 5) is 35.4. The first-order valence-electron chi connectivity index (χ1n) is 8.89. The molecule has 1 atom stereocenters. The van der Waals surface area contributed by atoms with Gasteiger partial charge in [-0.3, -0.25) is 14.9 Å². The summed E-state index contributed by atoms with van der Waals surface area (Å²) in [7, 11) is -2.56. The van der Waals surface area contributed by atoms with Crippen LogP contribution in [0.15, 0.2) is 29.2 Å². The van der Waals surface area contributed by atoms with Crippen molar-refractivity contribution in [3.8, 4) is 5.75 Å². The van der Waals surface area contributed by atoms with E-state index in [2.05, 4.69) is 10.0 Å². The van der Waals surface area contributed by atoms with Gasteiger partial charge in [-0.25, -0.2) is 13.2 Å². The van der Waals surface area contributed by atoms with Gasteiger partial charge in [-0.05, 0) is 44.0 Å². The highest BCUT2D eigenvalue weighted by Crippen LogP contribution is 2.17. The summed E-state index contributed by atoms with van der Waals surface area (Å²) in [5.74, 6) is -1.74. The van der Waals surface area contributed by atoms with E-state index in [9.17, 15) is 22.8 Å². The summed E-state index contributed by atoms with van der Waals surface area (Å²) >= 11 is 0. The van der Waals surface area contributed by atoms with Crippen molar-refractivity contribution in [2.75, 3.05) is 13.7 Å². The average molecular weight is 429 g/mol. The number of carbonyl (C=O) groups excluding carboxylic acids is 3. The lowest BCUT2D eigenvalue weighted by atomic mass is 10.1. The molecule has 0 unspecified atom stereocenters. The Hall–Kier alpha value is -2.66. The van der Waals surface area contributed by atoms with E-state index in [-0.39, 0.29) is 10.9 Å². The first-order chi connectivity index (χ1) is 13.5. The summed E-state index contributed by atoms with van der Waals surface area (Å²) in [5.41, 5.74) is 0. The molecule has 162 valence electrons. The maximum absolute atomic E-state index is 12.5. The third-order valence-electron chi connectivity index (χ3n) is 3.59. The summed E-state index contributed by atoms with van der Waals surface area (Å²) in [6.45, 7) is 5.95. The maximum Gasteiger partial charge on any atom is 0.324 e. The Morgan fingerprint density at radius 3 is 2.10 bits per heavy atom. The molecule has 3 amide bonds. The summed E-state index contributed by atoms with van der Waals surface area (Å²) in [6, 6.07) is 3.51. The number of amides is 3. The van der Waals surface area contributed by atoms with E-state index in [1.807, 2.05) is 5.32 Å². The number of methoxy groups -OCH3 is 1. The molecule has 3 N–H and O–H groups in total. The quantitative estimate of drug-likeness (QED) is 0.493. The molecule has 1 aromatic rings. The molecule has 0 saturated heterocycles. The Balaban J connectivity index is 2.74. The van der Waals surface area contributed by atoms with Crippen LogP contribution in [0.1, 0.15) is 27.7 Å². The van der Waals surface area contributed by atoms with Crippen molar-refractivity contribution in [1.82, 2.24) is 15.4 Å². The fourth-order valence-corrected chi connectivity index (χ4v) is 3.47. The third-order valence-corrected chi connectivity index (χ3v) is 5.05. The van der Waals surface area contributed by atoms with Crippen molar-refractivity contribution < 1.29 is 32.3 Å². The van der Waals surface area contributed by atoms with Crippen molar-refractivity contribution in [2.45, 2.75) is 44.7 Å². The molecule has 1 rings (SSSR count). The van der Waals surface area contributed by atoms with Crippen LogP contribution < -0.4 is 20.1 Å². The van der Waals surface area contributed by atoms with Crippen LogP contribution in [0.2, 0.25) is 0 Å². The maximum atomic E-state index is 12.5. The van der Waals surface area contributed by atoms with Crippen molar-refractivity contribution >= 4 is 27.9 Å². The van der Waals surface area contributed by atoms with Gasteiger partial charge in [-0.1, -0.05) is 13.8 Å². The Kier molecular flexibility index (Phi) is 9.05.